The van der Waals surface area contributed by atoms with Crippen LogP contribution in [0.1, 0.15) is 28.4 Å². The van der Waals surface area contributed by atoms with Crippen molar-refractivity contribution >= 4 is 0 Å². The Morgan fingerprint density at radius 3 is 2.39 bits per heavy atom. The first-order valence-electron chi connectivity index (χ1n) is 6.24. The average molecular weight is 241 g/mol. The standard InChI is InChI=1S/C16H19NO/c1-12-3-2-4-15(11-12)16(18)14-7-5-13(6-8-14)9-10-17/h2-8,11,16,18H,9-10,17H2,1H3. The van der Waals surface area contributed by atoms with Gasteiger partial charge in [-0.15, -0.1) is 0 Å². The highest BCUT2D eigenvalue weighted by Gasteiger charge is 2.09. The molecule has 1 unspecified atom stereocenters. The van der Waals surface area contributed by atoms with Crippen molar-refractivity contribution in [3.63, 3.8) is 0 Å². The molecule has 0 heterocycles. The van der Waals surface area contributed by atoms with Crippen molar-refractivity contribution in [1.82, 2.24) is 0 Å². The lowest BCUT2D eigenvalue weighted by Crippen LogP contribution is -2.04. The summed E-state index contributed by atoms with van der Waals surface area (Å²) in [6.07, 6.45) is 0.317. The lowest BCUT2D eigenvalue weighted by molar-refractivity contribution is 0.220. The normalized spacial score (nSPS) is 12.4. The monoisotopic (exact) mass is 241 g/mol. The maximum atomic E-state index is 10.3. The van der Waals surface area contributed by atoms with Gasteiger partial charge in [-0.05, 0) is 36.6 Å². The Kier molecular flexibility index (Phi) is 4.13. The van der Waals surface area contributed by atoms with Crippen LogP contribution in [0.4, 0.5) is 0 Å². The highest BCUT2D eigenvalue weighted by Crippen LogP contribution is 2.22. The van der Waals surface area contributed by atoms with E-state index < -0.39 is 6.10 Å². The molecule has 0 spiro atoms. The first-order chi connectivity index (χ1) is 8.70. The molecule has 0 aliphatic rings. The topological polar surface area (TPSA) is 46.2 Å². The second-order valence-electron chi connectivity index (χ2n) is 4.60. The SMILES string of the molecule is Cc1cccc(C(O)c2ccc(CCN)cc2)c1. The molecule has 0 aromatic heterocycles. The van der Waals surface area contributed by atoms with Crippen LogP contribution in [0.3, 0.4) is 0 Å². The van der Waals surface area contributed by atoms with Gasteiger partial charge < -0.3 is 10.8 Å². The number of aryl methyl sites for hydroxylation is 1. The second kappa shape index (κ2) is 5.80. The summed E-state index contributed by atoms with van der Waals surface area (Å²) in [4.78, 5) is 0. The zero-order valence-corrected chi connectivity index (χ0v) is 10.6. The molecule has 0 saturated carbocycles. The Morgan fingerprint density at radius 1 is 1.06 bits per heavy atom. The van der Waals surface area contributed by atoms with Crippen LogP contribution < -0.4 is 5.73 Å². The fourth-order valence-corrected chi connectivity index (χ4v) is 2.07. The molecule has 0 amide bonds. The van der Waals surface area contributed by atoms with Gasteiger partial charge in [-0.2, -0.15) is 0 Å². The number of hydrogen-bond donors (Lipinski definition) is 2. The van der Waals surface area contributed by atoms with E-state index in [9.17, 15) is 5.11 Å². The Labute approximate surface area is 108 Å². The molecule has 18 heavy (non-hydrogen) atoms. The maximum absolute atomic E-state index is 10.3. The summed E-state index contributed by atoms with van der Waals surface area (Å²) in [5.74, 6) is 0. The summed E-state index contributed by atoms with van der Waals surface area (Å²) in [6.45, 7) is 2.68. The number of aliphatic hydroxyl groups excluding tert-OH is 1. The number of benzene rings is 2. The zero-order chi connectivity index (χ0) is 13.0. The van der Waals surface area contributed by atoms with Gasteiger partial charge in [0.1, 0.15) is 6.10 Å². The van der Waals surface area contributed by atoms with Crippen LogP contribution >= 0.6 is 0 Å². The third-order valence-electron chi connectivity index (χ3n) is 3.09. The molecule has 2 aromatic carbocycles. The third-order valence-corrected chi connectivity index (χ3v) is 3.09. The van der Waals surface area contributed by atoms with Crippen LogP contribution in [0.5, 0.6) is 0 Å². The van der Waals surface area contributed by atoms with Crippen LogP contribution in [-0.2, 0) is 6.42 Å². The summed E-state index contributed by atoms with van der Waals surface area (Å²) in [7, 11) is 0. The van der Waals surface area contributed by atoms with Gasteiger partial charge in [0.15, 0.2) is 0 Å². The van der Waals surface area contributed by atoms with Crippen LogP contribution in [-0.4, -0.2) is 11.7 Å². The van der Waals surface area contributed by atoms with Gasteiger partial charge in [-0.25, -0.2) is 0 Å². The van der Waals surface area contributed by atoms with E-state index in [1.165, 1.54) is 5.56 Å². The molecule has 0 aliphatic heterocycles. The summed E-state index contributed by atoms with van der Waals surface area (Å²) in [5, 5.41) is 10.3. The van der Waals surface area contributed by atoms with Crippen LogP contribution in [0.25, 0.3) is 0 Å². The van der Waals surface area contributed by atoms with Crippen molar-refractivity contribution in [3.8, 4) is 0 Å². The summed E-state index contributed by atoms with van der Waals surface area (Å²) >= 11 is 0. The molecule has 0 radical (unpaired) electrons. The first-order valence-corrected chi connectivity index (χ1v) is 6.24. The highest BCUT2D eigenvalue weighted by atomic mass is 16.3. The number of nitrogens with two attached hydrogens (primary N) is 1. The van der Waals surface area contributed by atoms with Gasteiger partial charge in [0.05, 0.1) is 0 Å². The molecular formula is C16H19NO. The molecule has 2 rings (SSSR count). The minimum absolute atomic E-state index is 0.558. The molecule has 0 saturated heterocycles. The van der Waals surface area contributed by atoms with E-state index in [1.807, 2.05) is 55.5 Å². The smallest absolute Gasteiger partial charge is 0.104 e. The molecule has 94 valence electrons. The second-order valence-corrected chi connectivity index (χ2v) is 4.60. The predicted octanol–water partition coefficient (Wildman–Crippen LogP) is 2.58. The molecule has 0 fully saturated rings. The summed E-state index contributed by atoms with van der Waals surface area (Å²) in [6, 6.07) is 16.0. The quantitative estimate of drug-likeness (QED) is 0.864. The van der Waals surface area contributed by atoms with Gasteiger partial charge in [-0.3, -0.25) is 0 Å². The summed E-state index contributed by atoms with van der Waals surface area (Å²) < 4.78 is 0. The molecule has 0 aliphatic carbocycles. The Morgan fingerprint density at radius 2 is 1.78 bits per heavy atom. The van der Waals surface area contributed by atoms with Gasteiger partial charge in [0.2, 0.25) is 0 Å². The molecule has 0 bridgehead atoms. The zero-order valence-electron chi connectivity index (χ0n) is 10.6. The van der Waals surface area contributed by atoms with E-state index in [2.05, 4.69) is 0 Å². The van der Waals surface area contributed by atoms with Crippen LogP contribution in [0, 0.1) is 6.92 Å². The maximum Gasteiger partial charge on any atom is 0.104 e. The van der Waals surface area contributed by atoms with Crippen molar-refractivity contribution in [1.29, 1.82) is 0 Å². The molecule has 3 N–H and O–H groups in total. The predicted molar refractivity (Wildman–Crippen MR) is 74.4 cm³/mol. The molecule has 2 heteroatoms. The van der Waals surface area contributed by atoms with Crippen molar-refractivity contribution in [2.24, 2.45) is 5.73 Å². The minimum Gasteiger partial charge on any atom is -0.384 e. The Bertz CT molecular complexity index is 505. The number of rotatable bonds is 4. The highest BCUT2D eigenvalue weighted by molar-refractivity contribution is 5.33. The first kappa shape index (κ1) is 12.8. The van der Waals surface area contributed by atoms with Gasteiger partial charge in [-0.1, -0.05) is 54.1 Å². The lowest BCUT2D eigenvalue weighted by atomic mass is 9.98. The van der Waals surface area contributed by atoms with Crippen molar-refractivity contribution in [2.75, 3.05) is 6.54 Å². The molecule has 1 atom stereocenters. The van der Waals surface area contributed by atoms with E-state index in [0.717, 1.165) is 23.1 Å². The largest absolute Gasteiger partial charge is 0.384 e. The van der Waals surface area contributed by atoms with Crippen molar-refractivity contribution in [3.05, 3.63) is 70.8 Å². The van der Waals surface area contributed by atoms with E-state index in [0.29, 0.717) is 6.54 Å². The third kappa shape index (κ3) is 2.97. The van der Waals surface area contributed by atoms with E-state index in [4.69, 9.17) is 5.73 Å². The minimum atomic E-state index is -0.558. The fraction of sp³-hybridized carbons (Fsp3) is 0.250. The summed E-state index contributed by atoms with van der Waals surface area (Å²) in [5.41, 5.74) is 9.73. The lowest BCUT2D eigenvalue weighted by Gasteiger charge is -2.12. The van der Waals surface area contributed by atoms with E-state index in [-0.39, 0.29) is 0 Å². The van der Waals surface area contributed by atoms with E-state index in [1.54, 1.807) is 0 Å². The van der Waals surface area contributed by atoms with Crippen LogP contribution in [0.15, 0.2) is 48.5 Å². The van der Waals surface area contributed by atoms with Gasteiger partial charge in [0, 0.05) is 0 Å². The Hall–Kier alpha value is -1.64. The fourth-order valence-electron chi connectivity index (χ4n) is 2.07. The Balaban J connectivity index is 2.20. The molecular weight excluding hydrogens is 222 g/mol. The van der Waals surface area contributed by atoms with Crippen LogP contribution in [0.2, 0.25) is 0 Å². The molecule has 2 aromatic rings. The van der Waals surface area contributed by atoms with E-state index >= 15 is 0 Å². The van der Waals surface area contributed by atoms with Gasteiger partial charge >= 0.3 is 0 Å². The van der Waals surface area contributed by atoms with Crippen molar-refractivity contribution in [2.45, 2.75) is 19.4 Å². The van der Waals surface area contributed by atoms with Crippen molar-refractivity contribution < 1.29 is 5.11 Å². The number of aliphatic hydroxyl groups is 1. The van der Waals surface area contributed by atoms with Gasteiger partial charge in [0.25, 0.3) is 0 Å². The number of hydrogen-bond acceptors (Lipinski definition) is 2. The average Bonchev–Trinajstić information content (AvgIpc) is 2.39. The molecule has 2 nitrogen and oxygen atoms in total.